The molecule has 1 aromatic carbocycles. The van der Waals surface area contributed by atoms with Gasteiger partial charge < -0.3 is 15.2 Å². The Kier molecular flexibility index (Phi) is 4.16. The molecule has 0 unspecified atom stereocenters. The Hall–Kier alpha value is -3.15. The fourth-order valence-electron chi connectivity index (χ4n) is 3.39. The largest absolute Gasteiger partial charge is 0.348 e. The zero-order valence-corrected chi connectivity index (χ0v) is 14.9. The molecule has 1 aliphatic rings. The van der Waals surface area contributed by atoms with Crippen molar-refractivity contribution in [1.29, 1.82) is 0 Å². The van der Waals surface area contributed by atoms with E-state index < -0.39 is 0 Å². The summed E-state index contributed by atoms with van der Waals surface area (Å²) in [5.74, 6) is 0. The van der Waals surface area contributed by atoms with Crippen molar-refractivity contribution in [3.05, 3.63) is 77.1 Å². The van der Waals surface area contributed by atoms with Crippen LogP contribution >= 0.6 is 0 Å². The second-order valence-corrected chi connectivity index (χ2v) is 6.62. The summed E-state index contributed by atoms with van der Waals surface area (Å²) in [6.45, 7) is 4.73. The van der Waals surface area contributed by atoms with Crippen LogP contribution in [0, 0.1) is 13.8 Å². The molecule has 26 heavy (non-hydrogen) atoms. The molecule has 0 saturated carbocycles. The van der Waals surface area contributed by atoms with Gasteiger partial charge in [0.2, 0.25) is 0 Å². The van der Waals surface area contributed by atoms with Gasteiger partial charge in [0.1, 0.15) is 6.04 Å². The molecule has 6 heteroatoms. The van der Waals surface area contributed by atoms with E-state index in [1.54, 1.807) is 18.7 Å². The number of benzene rings is 1. The maximum absolute atomic E-state index is 13.0. The van der Waals surface area contributed by atoms with Crippen LogP contribution in [-0.4, -0.2) is 32.4 Å². The van der Waals surface area contributed by atoms with Gasteiger partial charge in [-0.05, 0) is 54.8 Å². The number of aromatic amines is 1. The highest BCUT2D eigenvalue weighted by Gasteiger charge is 2.34. The van der Waals surface area contributed by atoms with E-state index in [2.05, 4.69) is 27.2 Å². The van der Waals surface area contributed by atoms with Gasteiger partial charge >= 0.3 is 6.03 Å². The smallest absolute Gasteiger partial charge is 0.322 e. The van der Waals surface area contributed by atoms with Gasteiger partial charge in [-0.1, -0.05) is 6.07 Å². The first-order valence-corrected chi connectivity index (χ1v) is 8.70. The molecule has 6 nitrogen and oxygen atoms in total. The number of hydrogen-bond donors (Lipinski definition) is 2. The predicted octanol–water partition coefficient (Wildman–Crippen LogP) is 3.60. The number of nitrogens with zero attached hydrogens (tertiary/aromatic N) is 3. The van der Waals surface area contributed by atoms with Crippen LogP contribution in [0.15, 0.2) is 49.1 Å². The molecule has 3 heterocycles. The SMILES string of the molecule is Cc1ccc(NC(=O)N2CCc3[nH]cnc3[C@H]2c2ccncc2)cc1C. The van der Waals surface area contributed by atoms with Crippen molar-refractivity contribution < 1.29 is 4.79 Å². The zero-order chi connectivity index (χ0) is 18.1. The normalized spacial score (nSPS) is 16.2. The summed E-state index contributed by atoms with van der Waals surface area (Å²) in [5.41, 5.74) is 6.15. The van der Waals surface area contributed by atoms with Gasteiger partial charge in [-0.15, -0.1) is 0 Å². The Morgan fingerprint density at radius 1 is 1.19 bits per heavy atom. The monoisotopic (exact) mass is 347 g/mol. The van der Waals surface area contributed by atoms with Crippen molar-refractivity contribution in [1.82, 2.24) is 19.9 Å². The first kappa shape index (κ1) is 16.3. The number of urea groups is 1. The quantitative estimate of drug-likeness (QED) is 0.744. The third-order valence-corrected chi connectivity index (χ3v) is 4.97. The molecule has 3 aromatic rings. The summed E-state index contributed by atoms with van der Waals surface area (Å²) < 4.78 is 0. The number of pyridine rings is 1. The summed E-state index contributed by atoms with van der Waals surface area (Å²) in [4.78, 5) is 26.7. The van der Waals surface area contributed by atoms with Crippen LogP contribution in [0.25, 0.3) is 0 Å². The van der Waals surface area contributed by atoms with Crippen LogP contribution in [0.1, 0.15) is 34.1 Å². The number of carbonyl (C=O) groups excluding carboxylic acids is 1. The van der Waals surface area contributed by atoms with E-state index in [1.807, 2.05) is 42.2 Å². The molecule has 4 rings (SSSR count). The van der Waals surface area contributed by atoms with E-state index >= 15 is 0 Å². The Morgan fingerprint density at radius 2 is 2.00 bits per heavy atom. The molecule has 0 spiro atoms. The number of hydrogen-bond acceptors (Lipinski definition) is 3. The van der Waals surface area contributed by atoms with Gasteiger partial charge in [-0.3, -0.25) is 4.98 Å². The van der Waals surface area contributed by atoms with E-state index in [4.69, 9.17) is 0 Å². The number of fused-ring (bicyclic) bond motifs is 1. The zero-order valence-electron chi connectivity index (χ0n) is 14.9. The highest BCUT2D eigenvalue weighted by Crippen LogP contribution is 2.33. The fraction of sp³-hybridized carbons (Fsp3) is 0.250. The summed E-state index contributed by atoms with van der Waals surface area (Å²) in [5, 5.41) is 3.04. The molecule has 1 aliphatic heterocycles. The second-order valence-electron chi connectivity index (χ2n) is 6.62. The molecule has 0 fully saturated rings. The molecule has 0 aliphatic carbocycles. The van der Waals surface area contributed by atoms with Crippen LogP contribution in [0.4, 0.5) is 10.5 Å². The van der Waals surface area contributed by atoms with E-state index in [0.717, 1.165) is 34.6 Å². The summed E-state index contributed by atoms with van der Waals surface area (Å²) in [7, 11) is 0. The standard InChI is InChI=1S/C20H21N5O/c1-13-3-4-16(11-14(13)2)24-20(26)25-10-7-17-18(23-12-22-17)19(25)15-5-8-21-9-6-15/h3-6,8-9,11-12,19H,7,10H2,1-2H3,(H,22,23)(H,24,26)/t19-/m1/s1. The van der Waals surface area contributed by atoms with Gasteiger partial charge in [0, 0.05) is 36.7 Å². The maximum Gasteiger partial charge on any atom is 0.322 e. The lowest BCUT2D eigenvalue weighted by Gasteiger charge is -2.35. The highest BCUT2D eigenvalue weighted by molar-refractivity contribution is 5.90. The first-order valence-electron chi connectivity index (χ1n) is 8.70. The van der Waals surface area contributed by atoms with Crippen molar-refractivity contribution >= 4 is 11.7 Å². The van der Waals surface area contributed by atoms with Gasteiger partial charge in [-0.2, -0.15) is 0 Å². The molecule has 2 aromatic heterocycles. The number of imidazole rings is 1. The summed E-state index contributed by atoms with van der Waals surface area (Å²) in [6, 6.07) is 9.48. The number of nitrogens with one attached hydrogen (secondary N) is 2. The number of amides is 2. The molecule has 2 amide bonds. The second kappa shape index (κ2) is 6.63. The molecule has 1 atom stereocenters. The Bertz CT molecular complexity index is 934. The van der Waals surface area contributed by atoms with Crippen molar-refractivity contribution in [2.24, 2.45) is 0 Å². The van der Waals surface area contributed by atoms with E-state index in [-0.39, 0.29) is 12.1 Å². The van der Waals surface area contributed by atoms with Crippen LogP contribution in [-0.2, 0) is 6.42 Å². The minimum absolute atomic E-state index is 0.122. The van der Waals surface area contributed by atoms with Gasteiger partial charge in [0.25, 0.3) is 0 Å². The molecule has 0 radical (unpaired) electrons. The lowest BCUT2D eigenvalue weighted by Crippen LogP contribution is -2.43. The Morgan fingerprint density at radius 3 is 2.77 bits per heavy atom. The Balaban J connectivity index is 1.65. The van der Waals surface area contributed by atoms with Gasteiger partial charge in [-0.25, -0.2) is 9.78 Å². The molecule has 132 valence electrons. The average molecular weight is 347 g/mol. The van der Waals surface area contributed by atoms with Crippen LogP contribution in [0.2, 0.25) is 0 Å². The van der Waals surface area contributed by atoms with E-state index in [9.17, 15) is 4.79 Å². The molecule has 0 saturated heterocycles. The number of H-pyrrole nitrogens is 1. The first-order chi connectivity index (χ1) is 12.6. The number of carbonyl (C=O) groups is 1. The minimum Gasteiger partial charge on any atom is -0.348 e. The predicted molar refractivity (Wildman–Crippen MR) is 100 cm³/mol. The number of anilines is 1. The maximum atomic E-state index is 13.0. The number of aromatic nitrogens is 3. The summed E-state index contributed by atoms with van der Waals surface area (Å²) >= 11 is 0. The van der Waals surface area contributed by atoms with Gasteiger partial charge in [0.15, 0.2) is 0 Å². The summed E-state index contributed by atoms with van der Waals surface area (Å²) in [6.07, 6.45) is 5.95. The molecular weight excluding hydrogens is 326 g/mol. The average Bonchev–Trinajstić information content (AvgIpc) is 3.13. The minimum atomic E-state index is -0.223. The molecule has 0 bridgehead atoms. The van der Waals surface area contributed by atoms with Crippen molar-refractivity contribution in [3.63, 3.8) is 0 Å². The fourth-order valence-corrected chi connectivity index (χ4v) is 3.39. The van der Waals surface area contributed by atoms with Crippen LogP contribution in [0.3, 0.4) is 0 Å². The van der Waals surface area contributed by atoms with Crippen molar-refractivity contribution in [2.45, 2.75) is 26.3 Å². The van der Waals surface area contributed by atoms with E-state index in [1.165, 1.54) is 5.56 Å². The van der Waals surface area contributed by atoms with Crippen molar-refractivity contribution in [2.75, 3.05) is 11.9 Å². The third kappa shape index (κ3) is 2.94. The third-order valence-electron chi connectivity index (χ3n) is 4.97. The highest BCUT2D eigenvalue weighted by atomic mass is 16.2. The number of aryl methyl sites for hydroxylation is 2. The topological polar surface area (TPSA) is 73.9 Å². The van der Waals surface area contributed by atoms with E-state index in [0.29, 0.717) is 6.54 Å². The van der Waals surface area contributed by atoms with Gasteiger partial charge in [0.05, 0.1) is 12.0 Å². The molecule has 2 N–H and O–H groups in total. The lowest BCUT2D eigenvalue weighted by atomic mass is 9.97. The van der Waals surface area contributed by atoms with Crippen LogP contribution < -0.4 is 5.32 Å². The number of rotatable bonds is 2. The molecular formula is C20H21N5O. The Labute approximate surface area is 152 Å². The van der Waals surface area contributed by atoms with Crippen molar-refractivity contribution in [3.8, 4) is 0 Å². The lowest BCUT2D eigenvalue weighted by molar-refractivity contribution is 0.192. The van der Waals surface area contributed by atoms with Crippen LogP contribution in [0.5, 0.6) is 0 Å².